The Morgan fingerprint density at radius 1 is 1.00 bits per heavy atom. The molecule has 0 atom stereocenters. The molecule has 2 aromatic rings. The smallest absolute Gasteiger partial charge is 0.255 e. The standard InChI is InChI=1S/C17H19NO2/c1-17(2,3)18-16(20)14-11-13(9-10-15(14)19)12-7-5-4-6-8-12/h4-11,19H,1-3H3,(H,18,20). The van der Waals surface area contributed by atoms with Crippen LogP contribution in [0.25, 0.3) is 11.1 Å². The van der Waals surface area contributed by atoms with Gasteiger partial charge in [0.25, 0.3) is 5.91 Å². The van der Waals surface area contributed by atoms with Crippen molar-refractivity contribution in [2.45, 2.75) is 26.3 Å². The van der Waals surface area contributed by atoms with Gasteiger partial charge in [-0.1, -0.05) is 36.4 Å². The first-order valence-corrected chi connectivity index (χ1v) is 6.58. The summed E-state index contributed by atoms with van der Waals surface area (Å²) < 4.78 is 0. The van der Waals surface area contributed by atoms with Crippen molar-refractivity contribution in [3.8, 4) is 16.9 Å². The highest BCUT2D eigenvalue weighted by atomic mass is 16.3. The number of benzene rings is 2. The van der Waals surface area contributed by atoms with Crippen molar-refractivity contribution < 1.29 is 9.90 Å². The van der Waals surface area contributed by atoms with Crippen molar-refractivity contribution >= 4 is 5.91 Å². The summed E-state index contributed by atoms with van der Waals surface area (Å²) in [5, 5.41) is 12.7. The number of hydrogen-bond donors (Lipinski definition) is 2. The van der Waals surface area contributed by atoms with Gasteiger partial charge in [0.15, 0.2) is 0 Å². The van der Waals surface area contributed by atoms with Crippen LogP contribution in [0.2, 0.25) is 0 Å². The first-order chi connectivity index (χ1) is 9.37. The van der Waals surface area contributed by atoms with Gasteiger partial charge in [-0.05, 0) is 44.0 Å². The molecule has 0 fully saturated rings. The maximum atomic E-state index is 12.2. The van der Waals surface area contributed by atoms with Gasteiger partial charge in [0.2, 0.25) is 0 Å². The summed E-state index contributed by atoms with van der Waals surface area (Å²) in [6, 6.07) is 14.8. The molecule has 3 heteroatoms. The lowest BCUT2D eigenvalue weighted by atomic mass is 10.0. The first kappa shape index (κ1) is 14.1. The quantitative estimate of drug-likeness (QED) is 0.875. The Hall–Kier alpha value is -2.29. The van der Waals surface area contributed by atoms with Crippen molar-refractivity contribution in [3.63, 3.8) is 0 Å². The fourth-order valence-electron chi connectivity index (χ4n) is 1.94. The Morgan fingerprint density at radius 3 is 2.25 bits per heavy atom. The second-order valence-electron chi connectivity index (χ2n) is 5.80. The zero-order valence-corrected chi connectivity index (χ0v) is 12.0. The fraction of sp³-hybridized carbons (Fsp3) is 0.235. The molecule has 0 aliphatic heterocycles. The Morgan fingerprint density at radius 2 is 1.65 bits per heavy atom. The molecule has 3 nitrogen and oxygen atoms in total. The maximum Gasteiger partial charge on any atom is 0.255 e. The van der Waals surface area contributed by atoms with E-state index in [1.54, 1.807) is 18.2 Å². The van der Waals surface area contributed by atoms with E-state index in [-0.39, 0.29) is 17.2 Å². The summed E-state index contributed by atoms with van der Waals surface area (Å²) in [6.07, 6.45) is 0. The summed E-state index contributed by atoms with van der Waals surface area (Å²) in [6.45, 7) is 5.72. The molecule has 20 heavy (non-hydrogen) atoms. The topological polar surface area (TPSA) is 49.3 Å². The predicted octanol–water partition coefficient (Wildman–Crippen LogP) is 3.59. The minimum Gasteiger partial charge on any atom is -0.507 e. The van der Waals surface area contributed by atoms with Crippen molar-refractivity contribution in [3.05, 3.63) is 54.1 Å². The summed E-state index contributed by atoms with van der Waals surface area (Å²) in [5.74, 6) is -0.279. The number of rotatable bonds is 2. The molecule has 0 saturated heterocycles. The van der Waals surface area contributed by atoms with Gasteiger partial charge >= 0.3 is 0 Å². The molecule has 0 aliphatic carbocycles. The van der Waals surface area contributed by atoms with Gasteiger partial charge in [-0.2, -0.15) is 0 Å². The Kier molecular flexibility index (Phi) is 3.79. The number of nitrogens with one attached hydrogen (secondary N) is 1. The Bertz CT molecular complexity index is 613. The van der Waals surface area contributed by atoms with Crippen LogP contribution in [0.5, 0.6) is 5.75 Å². The highest BCUT2D eigenvalue weighted by molar-refractivity contribution is 5.98. The number of amides is 1. The van der Waals surface area contributed by atoms with E-state index in [1.807, 2.05) is 51.1 Å². The molecule has 0 radical (unpaired) electrons. The SMILES string of the molecule is CC(C)(C)NC(=O)c1cc(-c2ccccc2)ccc1O. The number of carbonyl (C=O) groups is 1. The van der Waals surface area contributed by atoms with Crippen molar-refractivity contribution in [2.24, 2.45) is 0 Å². The van der Waals surface area contributed by atoms with Crippen LogP contribution >= 0.6 is 0 Å². The lowest BCUT2D eigenvalue weighted by Crippen LogP contribution is -2.40. The van der Waals surface area contributed by atoms with E-state index < -0.39 is 0 Å². The molecule has 2 N–H and O–H groups in total. The Labute approximate surface area is 119 Å². The third kappa shape index (κ3) is 3.38. The molecule has 0 saturated carbocycles. The number of carbonyl (C=O) groups excluding carboxylic acids is 1. The molecule has 0 bridgehead atoms. The molecule has 0 aromatic heterocycles. The van der Waals surface area contributed by atoms with E-state index in [9.17, 15) is 9.90 Å². The summed E-state index contributed by atoms with van der Waals surface area (Å²) in [4.78, 5) is 12.2. The number of aromatic hydroxyl groups is 1. The van der Waals surface area contributed by atoms with Crippen LogP contribution in [0, 0.1) is 0 Å². The van der Waals surface area contributed by atoms with Gasteiger partial charge in [0, 0.05) is 5.54 Å². The third-order valence-electron chi connectivity index (χ3n) is 2.84. The van der Waals surface area contributed by atoms with E-state index >= 15 is 0 Å². The maximum absolute atomic E-state index is 12.2. The van der Waals surface area contributed by atoms with Crippen LogP contribution in [0.3, 0.4) is 0 Å². The fourth-order valence-corrected chi connectivity index (χ4v) is 1.94. The van der Waals surface area contributed by atoms with E-state index in [1.165, 1.54) is 0 Å². The van der Waals surface area contributed by atoms with E-state index in [0.717, 1.165) is 11.1 Å². The van der Waals surface area contributed by atoms with E-state index in [0.29, 0.717) is 5.56 Å². The van der Waals surface area contributed by atoms with Gasteiger partial charge in [0.05, 0.1) is 5.56 Å². The molecule has 104 valence electrons. The molecule has 0 heterocycles. The van der Waals surface area contributed by atoms with Crippen LogP contribution in [0.1, 0.15) is 31.1 Å². The van der Waals surface area contributed by atoms with Crippen LogP contribution in [0.15, 0.2) is 48.5 Å². The lowest BCUT2D eigenvalue weighted by molar-refractivity contribution is 0.0917. The summed E-state index contributed by atoms with van der Waals surface area (Å²) >= 11 is 0. The predicted molar refractivity (Wildman–Crippen MR) is 80.8 cm³/mol. The highest BCUT2D eigenvalue weighted by Crippen LogP contribution is 2.26. The van der Waals surface area contributed by atoms with Crippen LogP contribution < -0.4 is 5.32 Å². The minimum absolute atomic E-state index is 0.00793. The van der Waals surface area contributed by atoms with Crippen LogP contribution in [0.4, 0.5) is 0 Å². The molecule has 2 aromatic carbocycles. The largest absolute Gasteiger partial charge is 0.507 e. The Balaban J connectivity index is 2.37. The average Bonchev–Trinajstić information content (AvgIpc) is 2.38. The second-order valence-corrected chi connectivity index (χ2v) is 5.80. The lowest BCUT2D eigenvalue weighted by Gasteiger charge is -2.21. The number of hydrogen-bond acceptors (Lipinski definition) is 2. The summed E-state index contributed by atoms with van der Waals surface area (Å²) in [5.41, 5.74) is 1.87. The second kappa shape index (κ2) is 5.37. The molecule has 0 spiro atoms. The van der Waals surface area contributed by atoms with Crippen molar-refractivity contribution in [1.82, 2.24) is 5.32 Å². The normalized spacial score (nSPS) is 11.2. The molecule has 0 unspecified atom stereocenters. The molecule has 1 amide bonds. The van der Waals surface area contributed by atoms with Crippen LogP contribution in [-0.2, 0) is 0 Å². The highest BCUT2D eigenvalue weighted by Gasteiger charge is 2.18. The van der Waals surface area contributed by atoms with Crippen LogP contribution in [-0.4, -0.2) is 16.6 Å². The number of phenols is 1. The van der Waals surface area contributed by atoms with Crippen molar-refractivity contribution in [1.29, 1.82) is 0 Å². The van der Waals surface area contributed by atoms with E-state index in [4.69, 9.17) is 0 Å². The number of phenolic OH excluding ortho intramolecular Hbond substituents is 1. The third-order valence-corrected chi connectivity index (χ3v) is 2.84. The van der Waals surface area contributed by atoms with E-state index in [2.05, 4.69) is 5.32 Å². The summed E-state index contributed by atoms with van der Waals surface area (Å²) in [7, 11) is 0. The molecule has 0 aliphatic rings. The van der Waals surface area contributed by atoms with Crippen molar-refractivity contribution in [2.75, 3.05) is 0 Å². The monoisotopic (exact) mass is 269 g/mol. The minimum atomic E-state index is -0.341. The average molecular weight is 269 g/mol. The van der Waals surface area contributed by atoms with Gasteiger partial charge in [-0.25, -0.2) is 0 Å². The van der Waals surface area contributed by atoms with Gasteiger partial charge in [0.1, 0.15) is 5.75 Å². The van der Waals surface area contributed by atoms with Gasteiger partial charge in [-0.3, -0.25) is 4.79 Å². The zero-order valence-electron chi connectivity index (χ0n) is 12.0. The molecular weight excluding hydrogens is 250 g/mol. The molecular formula is C17H19NO2. The molecule has 2 rings (SSSR count). The zero-order chi connectivity index (χ0) is 14.8. The van der Waals surface area contributed by atoms with Gasteiger partial charge < -0.3 is 10.4 Å². The van der Waals surface area contributed by atoms with Gasteiger partial charge in [-0.15, -0.1) is 0 Å². The first-order valence-electron chi connectivity index (χ1n) is 6.58.